The third kappa shape index (κ3) is 4.22. The summed E-state index contributed by atoms with van der Waals surface area (Å²) < 4.78 is 12.1. The summed E-state index contributed by atoms with van der Waals surface area (Å²) in [6.07, 6.45) is 1.40. The maximum atomic E-state index is 10.7. The van der Waals surface area contributed by atoms with Gasteiger partial charge in [0.2, 0.25) is 0 Å². The van der Waals surface area contributed by atoms with Crippen LogP contribution in [-0.4, -0.2) is 47.1 Å². The highest BCUT2D eigenvalue weighted by molar-refractivity contribution is 7.51. The molecule has 3 N–H and O–H groups in total. The van der Waals surface area contributed by atoms with Gasteiger partial charge in [-0.25, -0.2) is 4.68 Å². The Kier molecular flexibility index (Phi) is 4.06. The van der Waals surface area contributed by atoms with Crippen molar-refractivity contribution in [1.29, 1.82) is 0 Å². The van der Waals surface area contributed by atoms with Crippen molar-refractivity contribution < 1.29 is 19.5 Å². The fourth-order valence-corrected chi connectivity index (χ4v) is 2.23. The number of aliphatic hydroxyl groups is 1. The van der Waals surface area contributed by atoms with Crippen LogP contribution in [0, 0.1) is 0 Å². The van der Waals surface area contributed by atoms with E-state index in [4.69, 9.17) is 9.79 Å². The predicted molar refractivity (Wildman–Crippen MR) is 66.2 cm³/mol. The Morgan fingerprint density at radius 3 is 2.74 bits per heavy atom. The summed E-state index contributed by atoms with van der Waals surface area (Å²) in [7, 11) is -4.23. The molecule has 0 fully saturated rings. The lowest BCUT2D eigenvalue weighted by Gasteiger charge is -2.10. The molecule has 2 heterocycles. The van der Waals surface area contributed by atoms with Crippen LogP contribution in [0.5, 0.6) is 0 Å². The highest BCUT2D eigenvalue weighted by Gasteiger charge is 2.20. The van der Waals surface area contributed by atoms with Gasteiger partial charge < -0.3 is 14.9 Å². The molecule has 0 spiro atoms. The third-order valence-corrected chi connectivity index (χ3v) is 3.21. The van der Waals surface area contributed by atoms with Crippen molar-refractivity contribution in [2.24, 2.45) is 0 Å². The van der Waals surface area contributed by atoms with Crippen molar-refractivity contribution in [1.82, 2.24) is 20.0 Å². The summed E-state index contributed by atoms with van der Waals surface area (Å²) in [6.45, 7) is -0.0368. The summed E-state index contributed by atoms with van der Waals surface area (Å²) in [6, 6.07) is 5.35. The van der Waals surface area contributed by atoms with E-state index in [1.54, 1.807) is 24.5 Å². The van der Waals surface area contributed by atoms with Crippen LogP contribution in [0.25, 0.3) is 11.4 Å². The second kappa shape index (κ2) is 5.58. The lowest BCUT2D eigenvalue weighted by atomic mass is 10.3. The van der Waals surface area contributed by atoms with Crippen LogP contribution in [-0.2, 0) is 11.1 Å². The standard InChI is InChI=1S/C10H13N4O4P/c15-8(7-19(16,17)18)5-14-6-10(12-13-14)9-3-1-2-4-11-9/h1-4,6,8,15H,5,7H2,(H2,16,17,18). The van der Waals surface area contributed by atoms with Crippen molar-refractivity contribution in [3.8, 4) is 11.4 Å². The van der Waals surface area contributed by atoms with Crippen molar-refractivity contribution in [2.45, 2.75) is 12.6 Å². The molecule has 0 saturated carbocycles. The van der Waals surface area contributed by atoms with Crippen LogP contribution in [0.15, 0.2) is 30.6 Å². The van der Waals surface area contributed by atoms with Gasteiger partial charge in [0.15, 0.2) is 0 Å². The molecule has 0 aliphatic carbocycles. The number of aromatic nitrogens is 4. The molecule has 0 radical (unpaired) electrons. The van der Waals surface area contributed by atoms with Gasteiger partial charge in [0.05, 0.1) is 30.7 Å². The van der Waals surface area contributed by atoms with Gasteiger partial charge in [-0.15, -0.1) is 5.10 Å². The van der Waals surface area contributed by atoms with E-state index in [0.717, 1.165) is 0 Å². The Morgan fingerprint density at radius 1 is 1.32 bits per heavy atom. The molecular formula is C10H13N4O4P. The molecule has 2 aromatic rings. The first-order valence-corrected chi connectivity index (χ1v) is 7.28. The van der Waals surface area contributed by atoms with Gasteiger partial charge in [-0.1, -0.05) is 11.3 Å². The molecule has 0 bridgehead atoms. The Morgan fingerprint density at radius 2 is 2.11 bits per heavy atom. The molecule has 1 unspecified atom stereocenters. The predicted octanol–water partition coefficient (Wildman–Crippen LogP) is -0.121. The molecular weight excluding hydrogens is 271 g/mol. The van der Waals surface area contributed by atoms with E-state index in [-0.39, 0.29) is 6.54 Å². The first-order chi connectivity index (χ1) is 8.94. The molecule has 2 aromatic heterocycles. The topological polar surface area (TPSA) is 121 Å². The third-order valence-electron chi connectivity index (χ3n) is 2.31. The highest BCUT2D eigenvalue weighted by Crippen LogP contribution is 2.35. The fourth-order valence-electron chi connectivity index (χ4n) is 1.57. The zero-order valence-electron chi connectivity index (χ0n) is 9.86. The van der Waals surface area contributed by atoms with Crippen LogP contribution in [0.2, 0.25) is 0 Å². The average Bonchev–Trinajstić information content (AvgIpc) is 2.76. The summed E-state index contributed by atoms with van der Waals surface area (Å²) in [5.74, 6) is 0. The van der Waals surface area contributed by atoms with Crippen molar-refractivity contribution in [3.05, 3.63) is 30.6 Å². The number of aliphatic hydroxyl groups excluding tert-OH is 1. The van der Waals surface area contributed by atoms with E-state index in [9.17, 15) is 9.67 Å². The molecule has 8 nitrogen and oxygen atoms in total. The van der Waals surface area contributed by atoms with Gasteiger partial charge >= 0.3 is 7.60 Å². The van der Waals surface area contributed by atoms with Gasteiger partial charge in [-0.05, 0) is 12.1 Å². The van der Waals surface area contributed by atoms with Gasteiger partial charge in [0.1, 0.15) is 5.69 Å². The fraction of sp³-hybridized carbons (Fsp3) is 0.300. The Bertz CT molecular complexity index is 582. The Hall–Kier alpha value is -1.60. The SMILES string of the molecule is O=P(O)(O)CC(O)Cn1cc(-c2ccccn2)nn1. The molecule has 0 aromatic carbocycles. The van der Waals surface area contributed by atoms with Crippen LogP contribution in [0.3, 0.4) is 0 Å². The van der Waals surface area contributed by atoms with Crippen LogP contribution >= 0.6 is 7.60 Å². The monoisotopic (exact) mass is 284 g/mol. The maximum Gasteiger partial charge on any atom is 0.328 e. The molecule has 0 amide bonds. The van der Waals surface area contributed by atoms with Gasteiger partial charge in [-0.3, -0.25) is 9.55 Å². The minimum atomic E-state index is -4.23. The Balaban J connectivity index is 2.04. The molecule has 0 aliphatic rings. The Labute approximate surface area is 108 Å². The molecule has 0 aliphatic heterocycles. The molecule has 19 heavy (non-hydrogen) atoms. The zero-order chi connectivity index (χ0) is 13.9. The quantitative estimate of drug-likeness (QED) is 0.654. The molecule has 9 heteroatoms. The van der Waals surface area contributed by atoms with Crippen molar-refractivity contribution in [2.75, 3.05) is 6.16 Å². The summed E-state index contributed by atoms with van der Waals surface area (Å²) >= 11 is 0. The number of nitrogens with zero attached hydrogens (tertiary/aromatic N) is 4. The second-order valence-corrected chi connectivity index (χ2v) is 5.74. The van der Waals surface area contributed by atoms with Crippen molar-refractivity contribution in [3.63, 3.8) is 0 Å². The summed E-state index contributed by atoms with van der Waals surface area (Å²) in [5, 5.41) is 17.2. The second-order valence-electron chi connectivity index (χ2n) is 4.04. The molecule has 1 atom stereocenters. The normalized spacial score (nSPS) is 13.4. The van der Waals surface area contributed by atoms with Gasteiger partial charge in [0, 0.05) is 6.20 Å². The first kappa shape index (κ1) is 13.8. The molecule has 0 saturated heterocycles. The number of hydrogen-bond acceptors (Lipinski definition) is 5. The molecule has 2 rings (SSSR count). The summed E-state index contributed by atoms with van der Waals surface area (Å²) in [4.78, 5) is 21.6. The average molecular weight is 284 g/mol. The van der Waals surface area contributed by atoms with E-state index < -0.39 is 19.9 Å². The highest BCUT2D eigenvalue weighted by atomic mass is 31.2. The lowest BCUT2D eigenvalue weighted by molar-refractivity contribution is 0.163. The zero-order valence-corrected chi connectivity index (χ0v) is 10.8. The maximum absolute atomic E-state index is 10.7. The van der Waals surface area contributed by atoms with Crippen molar-refractivity contribution >= 4 is 7.60 Å². The van der Waals surface area contributed by atoms with E-state index in [2.05, 4.69) is 15.3 Å². The minimum Gasteiger partial charge on any atom is -0.391 e. The van der Waals surface area contributed by atoms with Gasteiger partial charge in [-0.2, -0.15) is 0 Å². The van der Waals surface area contributed by atoms with E-state index in [1.165, 1.54) is 4.68 Å². The number of pyridine rings is 1. The largest absolute Gasteiger partial charge is 0.391 e. The minimum absolute atomic E-state index is 0.0368. The smallest absolute Gasteiger partial charge is 0.328 e. The van der Waals surface area contributed by atoms with Gasteiger partial charge in [0.25, 0.3) is 0 Å². The van der Waals surface area contributed by atoms with E-state index >= 15 is 0 Å². The number of rotatable bonds is 5. The van der Waals surface area contributed by atoms with Crippen LogP contribution in [0.4, 0.5) is 0 Å². The summed E-state index contributed by atoms with van der Waals surface area (Å²) in [5.41, 5.74) is 1.17. The number of hydrogen-bond donors (Lipinski definition) is 3. The van der Waals surface area contributed by atoms with E-state index in [0.29, 0.717) is 11.4 Å². The first-order valence-electron chi connectivity index (χ1n) is 5.48. The van der Waals surface area contributed by atoms with Crippen LogP contribution < -0.4 is 0 Å². The molecule has 102 valence electrons. The lowest BCUT2D eigenvalue weighted by Crippen LogP contribution is -2.20. The van der Waals surface area contributed by atoms with E-state index in [1.807, 2.05) is 6.07 Å². The van der Waals surface area contributed by atoms with Crippen LogP contribution in [0.1, 0.15) is 0 Å².